The van der Waals surface area contributed by atoms with Crippen LogP contribution in [0.5, 0.6) is 0 Å². The smallest absolute Gasteiger partial charge is 0.462 e. The maximum atomic E-state index is 13.1. The Labute approximate surface area is 600 Å². The average Bonchev–Trinajstić information content (AvgIpc) is 1.16. The number of hydrogen-bond acceptors (Lipinski definition) is 15. The molecule has 0 spiro atoms. The van der Waals surface area contributed by atoms with E-state index in [1.807, 2.05) is 0 Å². The summed E-state index contributed by atoms with van der Waals surface area (Å²) in [5.74, 6) is 0.976. The van der Waals surface area contributed by atoms with Gasteiger partial charge in [0, 0.05) is 25.7 Å². The van der Waals surface area contributed by atoms with Crippen LogP contribution < -0.4 is 0 Å². The Morgan fingerprint density at radius 1 is 0.286 bits per heavy atom. The summed E-state index contributed by atoms with van der Waals surface area (Å²) in [6.07, 6.45) is 54.1. The van der Waals surface area contributed by atoms with Gasteiger partial charge in [-0.2, -0.15) is 0 Å². The molecule has 0 fully saturated rings. The molecule has 0 aliphatic heterocycles. The number of phosphoric ester groups is 2. The van der Waals surface area contributed by atoms with Crippen LogP contribution in [0.1, 0.15) is 402 Å². The lowest BCUT2D eigenvalue weighted by molar-refractivity contribution is -0.161. The summed E-state index contributed by atoms with van der Waals surface area (Å²) in [7, 11) is -9.92. The fourth-order valence-corrected chi connectivity index (χ4v) is 13.6. The highest BCUT2D eigenvalue weighted by Crippen LogP contribution is 2.45. The van der Waals surface area contributed by atoms with Crippen molar-refractivity contribution in [3.8, 4) is 0 Å². The Hall–Kier alpha value is -1.94. The van der Waals surface area contributed by atoms with Crippen molar-refractivity contribution in [3.63, 3.8) is 0 Å². The predicted octanol–water partition coefficient (Wildman–Crippen LogP) is 23.2. The number of esters is 4. The third-order valence-corrected chi connectivity index (χ3v) is 20.6. The van der Waals surface area contributed by atoms with Gasteiger partial charge < -0.3 is 33.8 Å². The van der Waals surface area contributed by atoms with Gasteiger partial charge in [-0.1, -0.05) is 351 Å². The summed E-state index contributed by atoms with van der Waals surface area (Å²) in [5, 5.41) is 10.6. The Morgan fingerprint density at radius 3 is 0.724 bits per heavy atom. The molecule has 0 radical (unpaired) electrons. The molecule has 0 bridgehead atoms. The van der Waals surface area contributed by atoms with E-state index in [9.17, 15) is 43.2 Å². The highest BCUT2D eigenvalue weighted by Gasteiger charge is 2.30. The quantitative estimate of drug-likeness (QED) is 0.0222. The first-order valence-corrected chi connectivity index (χ1v) is 43.7. The van der Waals surface area contributed by atoms with E-state index in [1.54, 1.807) is 0 Å². The third-order valence-electron chi connectivity index (χ3n) is 18.7. The van der Waals surface area contributed by atoms with Crippen LogP contribution in [0.4, 0.5) is 0 Å². The lowest BCUT2D eigenvalue weighted by Gasteiger charge is -2.21. The first-order chi connectivity index (χ1) is 47.1. The third kappa shape index (κ3) is 71.1. The first-order valence-electron chi connectivity index (χ1n) is 40.7. The van der Waals surface area contributed by atoms with Gasteiger partial charge in [0.2, 0.25) is 0 Å². The summed E-state index contributed by atoms with van der Waals surface area (Å²) in [4.78, 5) is 72.9. The monoisotopic (exact) mass is 1440 g/mol. The van der Waals surface area contributed by atoms with Crippen molar-refractivity contribution in [2.75, 3.05) is 39.6 Å². The minimum Gasteiger partial charge on any atom is -0.462 e. The molecule has 0 aromatic rings. The Morgan fingerprint density at radius 2 is 0.490 bits per heavy atom. The molecule has 0 saturated carbocycles. The zero-order valence-electron chi connectivity index (χ0n) is 64.4. The molecule has 0 amide bonds. The second kappa shape index (κ2) is 68.2. The predicted molar refractivity (Wildman–Crippen MR) is 400 cm³/mol. The second-order valence-electron chi connectivity index (χ2n) is 30.1. The van der Waals surface area contributed by atoms with E-state index >= 15 is 0 Å². The Balaban J connectivity index is 5.24. The highest BCUT2D eigenvalue weighted by molar-refractivity contribution is 7.47. The fourth-order valence-electron chi connectivity index (χ4n) is 12.0. The molecule has 3 N–H and O–H groups in total. The summed E-state index contributed by atoms with van der Waals surface area (Å²) in [6, 6.07) is 0. The van der Waals surface area contributed by atoms with Crippen molar-refractivity contribution in [3.05, 3.63) is 0 Å². The number of phosphoric acid groups is 2. The van der Waals surface area contributed by atoms with Crippen molar-refractivity contribution in [2.24, 2.45) is 23.7 Å². The van der Waals surface area contributed by atoms with Crippen LogP contribution in [0.15, 0.2) is 0 Å². The lowest BCUT2D eigenvalue weighted by Crippen LogP contribution is -2.30. The van der Waals surface area contributed by atoms with Gasteiger partial charge in [-0.15, -0.1) is 0 Å². The molecule has 17 nitrogen and oxygen atoms in total. The average molecular weight is 1440 g/mol. The lowest BCUT2D eigenvalue weighted by atomic mass is 9.99. The SMILES string of the molecule is CCC(C)CCCCCCCCCCCCCCCCC(=O)O[C@H](COC(=O)CCCCCCCCCCCCCCC(C)C)COP(=O)(O)OC[C@@H](O)COP(=O)(O)OC[C@@H](COC(=O)CCCCCCCCC(C)C)OC(=O)CCCCCCCCCCCCCCCC(C)C. The minimum atomic E-state index is -4.96. The summed E-state index contributed by atoms with van der Waals surface area (Å²) in [5.41, 5.74) is 0. The minimum absolute atomic E-state index is 0.106. The van der Waals surface area contributed by atoms with Crippen molar-refractivity contribution >= 4 is 39.5 Å². The first kappa shape index (κ1) is 96.1. The van der Waals surface area contributed by atoms with Gasteiger partial charge in [0.25, 0.3) is 0 Å². The zero-order chi connectivity index (χ0) is 72.4. The standard InChI is InChI=1S/C79H154O17P2/c1-9-72(8)58-50-42-33-27-21-14-10-11-15-23-29-35-45-53-61-78(83)95-74(65-89-76(81)59-51-43-34-28-22-18-17-20-26-32-40-48-56-70(4)5)67-93-97(85,86)91-63-73(80)64-92-98(87,88)94-68-75(66-90-77(82)60-52-44-38-37-41-49-57-71(6)7)96-79(84)62-54-46-36-30-24-16-12-13-19-25-31-39-47-55-69(2)3/h69-75,80H,9-68H2,1-8H3,(H,85,86)(H,87,88)/t72?,73-,74-,75-/m1/s1. The molecule has 0 saturated heterocycles. The van der Waals surface area contributed by atoms with Gasteiger partial charge in [-0.3, -0.25) is 37.3 Å². The number of ether oxygens (including phenoxy) is 4. The van der Waals surface area contributed by atoms with Crippen LogP contribution in [0.3, 0.4) is 0 Å². The molecule has 0 aromatic heterocycles. The number of carbonyl (C=O) groups excluding carboxylic acids is 4. The molecule has 0 aliphatic rings. The van der Waals surface area contributed by atoms with Crippen LogP contribution in [-0.4, -0.2) is 96.7 Å². The molecular formula is C79H154O17P2. The number of aliphatic hydroxyl groups is 1. The summed E-state index contributed by atoms with van der Waals surface area (Å²) >= 11 is 0. The molecule has 98 heavy (non-hydrogen) atoms. The van der Waals surface area contributed by atoms with E-state index in [0.29, 0.717) is 31.6 Å². The van der Waals surface area contributed by atoms with E-state index in [0.717, 1.165) is 114 Å². The van der Waals surface area contributed by atoms with Crippen LogP contribution in [-0.2, 0) is 65.4 Å². The van der Waals surface area contributed by atoms with Gasteiger partial charge in [-0.25, -0.2) is 9.13 Å². The van der Waals surface area contributed by atoms with E-state index in [1.165, 1.54) is 199 Å². The van der Waals surface area contributed by atoms with Gasteiger partial charge >= 0.3 is 39.5 Å². The number of unbranched alkanes of at least 4 members (excludes halogenated alkanes) is 41. The van der Waals surface area contributed by atoms with E-state index in [-0.39, 0.29) is 25.7 Å². The van der Waals surface area contributed by atoms with Crippen LogP contribution >= 0.6 is 15.6 Å². The normalized spacial score (nSPS) is 14.3. The highest BCUT2D eigenvalue weighted by atomic mass is 31.2. The Bertz CT molecular complexity index is 1920. The van der Waals surface area contributed by atoms with Crippen molar-refractivity contribution in [2.45, 2.75) is 420 Å². The van der Waals surface area contributed by atoms with Gasteiger partial charge in [0.1, 0.15) is 19.3 Å². The molecule has 0 rings (SSSR count). The molecule has 582 valence electrons. The largest absolute Gasteiger partial charge is 0.472 e. The second-order valence-corrected chi connectivity index (χ2v) is 33.0. The summed E-state index contributed by atoms with van der Waals surface area (Å²) in [6.45, 7) is 14.2. The Kier molecular flexibility index (Phi) is 66.8. The molecular weight excluding hydrogens is 1280 g/mol. The van der Waals surface area contributed by atoms with Crippen LogP contribution in [0.2, 0.25) is 0 Å². The number of rotatable bonds is 76. The molecule has 19 heteroatoms. The molecule has 6 atom stereocenters. The molecule has 0 aliphatic carbocycles. The fraction of sp³-hybridized carbons (Fsp3) is 0.949. The zero-order valence-corrected chi connectivity index (χ0v) is 66.2. The van der Waals surface area contributed by atoms with Crippen LogP contribution in [0.25, 0.3) is 0 Å². The topological polar surface area (TPSA) is 237 Å². The molecule has 3 unspecified atom stereocenters. The van der Waals surface area contributed by atoms with E-state index in [2.05, 4.69) is 55.4 Å². The number of aliphatic hydroxyl groups excluding tert-OH is 1. The van der Waals surface area contributed by atoms with Crippen molar-refractivity contribution in [1.29, 1.82) is 0 Å². The number of carbonyl (C=O) groups is 4. The van der Waals surface area contributed by atoms with Gasteiger partial charge in [0.05, 0.1) is 26.4 Å². The summed E-state index contributed by atoms with van der Waals surface area (Å²) < 4.78 is 68.6. The maximum absolute atomic E-state index is 13.1. The van der Waals surface area contributed by atoms with Crippen molar-refractivity contribution in [1.82, 2.24) is 0 Å². The van der Waals surface area contributed by atoms with E-state index < -0.39 is 97.5 Å². The van der Waals surface area contributed by atoms with Gasteiger partial charge in [0.15, 0.2) is 12.2 Å². The maximum Gasteiger partial charge on any atom is 0.472 e. The molecule has 0 heterocycles. The van der Waals surface area contributed by atoms with Crippen LogP contribution in [0, 0.1) is 23.7 Å². The van der Waals surface area contributed by atoms with E-state index in [4.69, 9.17) is 37.0 Å². The molecule has 0 aromatic carbocycles. The van der Waals surface area contributed by atoms with Crippen molar-refractivity contribution < 1.29 is 80.2 Å². The van der Waals surface area contributed by atoms with Gasteiger partial charge in [-0.05, 0) is 49.4 Å². The number of hydrogen-bond donors (Lipinski definition) is 3.